The number of nitrogens with one attached hydrogen (secondary N) is 1. The zero-order chi connectivity index (χ0) is 31.3. The molecule has 5 rings (SSSR count). The molecule has 0 saturated carbocycles. The zero-order valence-electron chi connectivity index (χ0n) is 24.7. The number of carbonyl (C=O) groups excluding carboxylic acids is 1. The molecule has 4 aromatic rings. The third-order valence-corrected chi connectivity index (χ3v) is 9.81. The predicted molar refractivity (Wildman–Crippen MR) is 171 cm³/mol. The van der Waals surface area contributed by atoms with Gasteiger partial charge in [-0.1, -0.05) is 35.9 Å². The highest BCUT2D eigenvalue weighted by molar-refractivity contribution is 7.91. The lowest BCUT2D eigenvalue weighted by Gasteiger charge is -2.34. The Morgan fingerprint density at radius 3 is 2.75 bits per heavy atom. The van der Waals surface area contributed by atoms with Gasteiger partial charge in [-0.25, -0.2) is 28.2 Å². The number of hydrogen-bond donors (Lipinski definition) is 1. The molecule has 1 aliphatic rings. The molecule has 2 aromatic carbocycles. The van der Waals surface area contributed by atoms with Crippen LogP contribution in [-0.2, 0) is 21.0 Å². The van der Waals surface area contributed by atoms with Crippen LogP contribution >= 0.6 is 22.9 Å². The van der Waals surface area contributed by atoms with Gasteiger partial charge in [0.15, 0.2) is 9.84 Å². The van der Waals surface area contributed by atoms with Crippen molar-refractivity contribution in [2.24, 2.45) is 0 Å². The molecule has 0 aliphatic carbocycles. The molecule has 3 heterocycles. The van der Waals surface area contributed by atoms with Gasteiger partial charge in [0, 0.05) is 25.3 Å². The lowest BCUT2D eigenvalue weighted by Crippen LogP contribution is -2.47. The van der Waals surface area contributed by atoms with Crippen LogP contribution in [0.2, 0.25) is 5.02 Å². The number of piperidine rings is 1. The summed E-state index contributed by atoms with van der Waals surface area (Å²) < 4.78 is 37.4. The average Bonchev–Trinajstić information content (AvgIpc) is 3.44. The summed E-state index contributed by atoms with van der Waals surface area (Å²) in [7, 11) is -3.55. The minimum Gasteiger partial charge on any atom is -0.444 e. The van der Waals surface area contributed by atoms with E-state index < -0.39 is 15.4 Å². The summed E-state index contributed by atoms with van der Waals surface area (Å²) in [4.78, 5) is 28.6. The van der Waals surface area contributed by atoms with Crippen LogP contribution in [0, 0.1) is 0 Å². The van der Waals surface area contributed by atoms with Crippen molar-refractivity contribution in [1.82, 2.24) is 19.9 Å². The number of anilines is 1. The van der Waals surface area contributed by atoms with E-state index in [-0.39, 0.29) is 27.8 Å². The number of aryl methyl sites for hydroxylation is 1. The second-order valence-electron chi connectivity index (χ2n) is 11.4. The second kappa shape index (κ2) is 13.5. The van der Waals surface area contributed by atoms with Crippen LogP contribution < -0.4 is 10.1 Å². The maximum absolute atomic E-state index is 12.9. The maximum Gasteiger partial charge on any atom is 0.410 e. The molecule has 0 unspecified atom stereocenters. The highest BCUT2D eigenvalue weighted by Crippen LogP contribution is 2.35. The van der Waals surface area contributed by atoms with Gasteiger partial charge in [-0.3, -0.25) is 0 Å². The Morgan fingerprint density at radius 1 is 1.14 bits per heavy atom. The van der Waals surface area contributed by atoms with Gasteiger partial charge in [-0.15, -0.1) is 11.3 Å². The number of carbonyl (C=O) groups is 1. The van der Waals surface area contributed by atoms with Crippen molar-refractivity contribution in [3.63, 3.8) is 0 Å². The van der Waals surface area contributed by atoms with Crippen LogP contribution in [0.3, 0.4) is 0 Å². The van der Waals surface area contributed by atoms with E-state index in [2.05, 4.69) is 15.3 Å². The Morgan fingerprint density at radius 2 is 1.95 bits per heavy atom. The van der Waals surface area contributed by atoms with Crippen LogP contribution in [0.5, 0.6) is 11.6 Å². The summed E-state index contributed by atoms with van der Waals surface area (Å²) >= 11 is 7.51. The molecule has 0 radical (unpaired) electrons. The van der Waals surface area contributed by atoms with E-state index in [1.54, 1.807) is 53.0 Å². The first-order chi connectivity index (χ1) is 21.0. The third kappa shape index (κ3) is 8.25. The number of thiazole rings is 1. The quantitative estimate of drug-likeness (QED) is 0.206. The summed E-state index contributed by atoms with van der Waals surface area (Å²) in [5.41, 5.74) is 2.57. The number of benzene rings is 2. The van der Waals surface area contributed by atoms with Gasteiger partial charge in [0.1, 0.15) is 16.2 Å². The summed E-state index contributed by atoms with van der Waals surface area (Å²) in [6.07, 6.45) is 3.35. The first kappa shape index (κ1) is 31.7. The van der Waals surface area contributed by atoms with E-state index >= 15 is 0 Å². The molecule has 13 heteroatoms. The van der Waals surface area contributed by atoms with E-state index in [1.165, 1.54) is 17.4 Å². The minimum atomic E-state index is -3.55. The number of hydrogen-bond acceptors (Lipinski definition) is 10. The summed E-state index contributed by atoms with van der Waals surface area (Å²) in [5, 5.41) is 3.58. The fourth-order valence-electron chi connectivity index (χ4n) is 4.74. The predicted octanol–water partition coefficient (Wildman–Crippen LogP) is 6.87. The summed E-state index contributed by atoms with van der Waals surface area (Å²) in [6, 6.07) is 15.5. The van der Waals surface area contributed by atoms with Crippen molar-refractivity contribution in [1.29, 1.82) is 0 Å². The topological polar surface area (TPSA) is 124 Å². The van der Waals surface area contributed by atoms with Gasteiger partial charge in [-0.05, 0) is 75.9 Å². The summed E-state index contributed by atoms with van der Waals surface area (Å²) in [6.45, 7) is 6.71. The molecular formula is C31H34ClN5O5S2. The first-order valence-electron chi connectivity index (χ1n) is 14.2. The number of likely N-dealkylation sites (tertiary alicyclic amines) is 1. The maximum atomic E-state index is 12.9. The van der Waals surface area contributed by atoms with Gasteiger partial charge in [0.25, 0.3) is 0 Å². The number of rotatable bonds is 9. The molecule has 1 amide bonds. The third-order valence-electron chi connectivity index (χ3n) is 6.77. The standard InChI is InChI=1S/C31H34ClN5O5S2/c1-31(2,3)42-30(38)37-16-7-9-22(19-37)35-29-33-15-13-25(36-29)27-28(34-20-43-27)41-23-10-6-8-21(18-23)14-17-44(39,40)26-12-5-4-11-24(26)32/h4-6,8,10-13,15,18,20,22H,7,9,14,16-17,19H2,1-3H3,(H,33,35,36)/t22-/m0/s1. The second-order valence-corrected chi connectivity index (χ2v) is 14.8. The summed E-state index contributed by atoms with van der Waals surface area (Å²) in [5.74, 6) is 1.27. The Kier molecular flexibility index (Phi) is 9.72. The normalized spacial score (nSPS) is 15.5. The molecule has 44 heavy (non-hydrogen) atoms. The van der Waals surface area contributed by atoms with Crippen LogP contribution in [0.15, 0.2) is 71.2 Å². The Hall–Kier alpha value is -3.74. The van der Waals surface area contributed by atoms with Gasteiger partial charge >= 0.3 is 6.09 Å². The molecule has 10 nitrogen and oxygen atoms in total. The van der Waals surface area contributed by atoms with E-state index in [9.17, 15) is 13.2 Å². The zero-order valence-corrected chi connectivity index (χ0v) is 27.1. The van der Waals surface area contributed by atoms with Gasteiger partial charge in [-0.2, -0.15) is 0 Å². The van der Waals surface area contributed by atoms with E-state index in [4.69, 9.17) is 26.1 Å². The van der Waals surface area contributed by atoms with E-state index in [1.807, 2.05) is 32.9 Å². The monoisotopic (exact) mass is 655 g/mol. The van der Waals surface area contributed by atoms with Crippen molar-refractivity contribution in [2.45, 2.75) is 56.6 Å². The highest BCUT2D eigenvalue weighted by atomic mass is 35.5. The Bertz CT molecular complexity index is 1720. The molecule has 0 bridgehead atoms. The molecule has 1 aliphatic heterocycles. The fourth-order valence-corrected chi connectivity index (χ4v) is 7.29. The van der Waals surface area contributed by atoms with Crippen molar-refractivity contribution >= 4 is 44.8 Å². The van der Waals surface area contributed by atoms with Crippen LogP contribution in [-0.4, -0.2) is 64.8 Å². The van der Waals surface area contributed by atoms with Crippen molar-refractivity contribution in [3.8, 4) is 22.2 Å². The SMILES string of the molecule is CC(C)(C)OC(=O)N1CCC[C@H](Nc2nccc(-c3scnc3Oc3cccc(CCS(=O)(=O)c4ccccc4Cl)c3)n2)C1. The molecule has 232 valence electrons. The number of aromatic nitrogens is 3. The fraction of sp³-hybridized carbons (Fsp3) is 0.355. The first-order valence-corrected chi connectivity index (χ1v) is 17.1. The molecule has 1 fully saturated rings. The Labute approximate surface area is 266 Å². The van der Waals surface area contributed by atoms with Gasteiger partial charge in [0.05, 0.1) is 26.9 Å². The molecule has 2 aromatic heterocycles. The smallest absolute Gasteiger partial charge is 0.410 e. The van der Waals surface area contributed by atoms with Crippen LogP contribution in [0.4, 0.5) is 10.7 Å². The largest absolute Gasteiger partial charge is 0.444 e. The molecule has 0 spiro atoms. The number of ether oxygens (including phenoxy) is 2. The van der Waals surface area contributed by atoms with Crippen molar-refractivity contribution in [3.05, 3.63) is 76.9 Å². The van der Waals surface area contributed by atoms with E-state index in [0.29, 0.717) is 42.8 Å². The molecular weight excluding hydrogens is 622 g/mol. The van der Waals surface area contributed by atoms with Crippen LogP contribution in [0.1, 0.15) is 39.2 Å². The minimum absolute atomic E-state index is 0.0202. The number of halogens is 1. The Balaban J connectivity index is 1.24. The number of nitrogens with zero attached hydrogens (tertiary/aromatic N) is 4. The van der Waals surface area contributed by atoms with Crippen molar-refractivity contribution < 1.29 is 22.7 Å². The number of sulfone groups is 1. The molecule has 1 N–H and O–H groups in total. The lowest BCUT2D eigenvalue weighted by atomic mass is 10.1. The van der Waals surface area contributed by atoms with Gasteiger partial charge in [0.2, 0.25) is 11.8 Å². The van der Waals surface area contributed by atoms with Gasteiger partial charge < -0.3 is 19.7 Å². The lowest BCUT2D eigenvalue weighted by molar-refractivity contribution is 0.0206. The van der Waals surface area contributed by atoms with Crippen LogP contribution in [0.25, 0.3) is 10.6 Å². The average molecular weight is 656 g/mol. The highest BCUT2D eigenvalue weighted by Gasteiger charge is 2.28. The molecule has 1 atom stereocenters. The van der Waals surface area contributed by atoms with Crippen molar-refractivity contribution in [2.75, 3.05) is 24.2 Å². The number of amides is 1. The van der Waals surface area contributed by atoms with E-state index in [0.717, 1.165) is 23.3 Å². The molecule has 1 saturated heterocycles.